The highest BCUT2D eigenvalue weighted by Gasteiger charge is 2.21. The van der Waals surface area contributed by atoms with Crippen molar-refractivity contribution in [2.24, 2.45) is 18.0 Å². The van der Waals surface area contributed by atoms with Gasteiger partial charge in [0, 0.05) is 57.5 Å². The first-order valence-electron chi connectivity index (χ1n) is 9.52. The lowest BCUT2D eigenvalue weighted by atomic mass is 9.98. The standard InChI is InChI=1S/C20H30ClN5S/c1-22-20(25(3)14-18-10-17(21)13-24(18)2)23-11-16-6-4-8-26(12-16)15-19-7-5-9-27-19/h5,7,9-10,13,16H,4,6,8,11-12,14-15H2,1-3H3,(H,22,23). The van der Waals surface area contributed by atoms with E-state index in [4.69, 9.17) is 11.6 Å². The summed E-state index contributed by atoms with van der Waals surface area (Å²) < 4.78 is 2.07. The smallest absolute Gasteiger partial charge is 0.193 e. The van der Waals surface area contributed by atoms with Crippen LogP contribution in [-0.2, 0) is 20.1 Å². The van der Waals surface area contributed by atoms with Crippen LogP contribution in [0.4, 0.5) is 0 Å². The van der Waals surface area contributed by atoms with Gasteiger partial charge in [-0.3, -0.25) is 9.89 Å². The summed E-state index contributed by atoms with van der Waals surface area (Å²) in [4.78, 5) is 10.7. The quantitative estimate of drug-likeness (QED) is 0.586. The van der Waals surface area contributed by atoms with Gasteiger partial charge in [0.2, 0.25) is 0 Å². The van der Waals surface area contributed by atoms with E-state index in [1.54, 1.807) is 0 Å². The van der Waals surface area contributed by atoms with Crippen LogP contribution in [0.1, 0.15) is 23.4 Å². The molecule has 0 amide bonds. The largest absolute Gasteiger partial charge is 0.356 e. The summed E-state index contributed by atoms with van der Waals surface area (Å²) in [6.45, 7) is 5.18. The predicted octanol–water partition coefficient (Wildman–Crippen LogP) is 3.66. The maximum atomic E-state index is 6.10. The first kappa shape index (κ1) is 20.2. The van der Waals surface area contributed by atoms with Crippen molar-refractivity contribution >= 4 is 28.9 Å². The Bertz CT molecular complexity index is 740. The lowest BCUT2D eigenvalue weighted by molar-refractivity contribution is 0.169. The highest BCUT2D eigenvalue weighted by atomic mass is 35.5. The Morgan fingerprint density at radius 2 is 2.33 bits per heavy atom. The van der Waals surface area contributed by atoms with E-state index in [1.165, 1.54) is 30.0 Å². The summed E-state index contributed by atoms with van der Waals surface area (Å²) in [5, 5.41) is 6.51. The summed E-state index contributed by atoms with van der Waals surface area (Å²) in [6, 6.07) is 6.39. The first-order chi connectivity index (χ1) is 13.0. The number of hydrogen-bond acceptors (Lipinski definition) is 3. The molecule has 2 aromatic rings. The highest BCUT2D eigenvalue weighted by molar-refractivity contribution is 7.09. The molecule has 1 unspecified atom stereocenters. The summed E-state index contributed by atoms with van der Waals surface area (Å²) >= 11 is 7.95. The summed E-state index contributed by atoms with van der Waals surface area (Å²) in [6.07, 6.45) is 4.49. The molecule has 3 heterocycles. The zero-order chi connectivity index (χ0) is 19.2. The monoisotopic (exact) mass is 407 g/mol. The van der Waals surface area contributed by atoms with Gasteiger partial charge in [0.15, 0.2) is 5.96 Å². The maximum absolute atomic E-state index is 6.10. The topological polar surface area (TPSA) is 35.8 Å². The van der Waals surface area contributed by atoms with Gasteiger partial charge in [-0.05, 0) is 42.8 Å². The van der Waals surface area contributed by atoms with Crippen molar-refractivity contribution in [3.8, 4) is 0 Å². The third kappa shape index (κ3) is 5.74. The van der Waals surface area contributed by atoms with Gasteiger partial charge in [0.1, 0.15) is 0 Å². The second-order valence-electron chi connectivity index (χ2n) is 7.37. The Labute approximate surface area is 171 Å². The van der Waals surface area contributed by atoms with Crippen LogP contribution in [0.2, 0.25) is 5.02 Å². The van der Waals surface area contributed by atoms with E-state index in [2.05, 4.69) is 49.2 Å². The van der Waals surface area contributed by atoms with E-state index in [-0.39, 0.29) is 0 Å². The van der Waals surface area contributed by atoms with E-state index < -0.39 is 0 Å². The molecular weight excluding hydrogens is 378 g/mol. The summed E-state index contributed by atoms with van der Waals surface area (Å²) in [5.74, 6) is 1.59. The molecule has 148 valence electrons. The molecule has 27 heavy (non-hydrogen) atoms. The molecule has 1 fully saturated rings. The fourth-order valence-electron chi connectivity index (χ4n) is 3.75. The van der Waals surface area contributed by atoms with Crippen molar-refractivity contribution in [3.05, 3.63) is 45.4 Å². The van der Waals surface area contributed by atoms with E-state index in [0.717, 1.165) is 37.2 Å². The lowest BCUT2D eigenvalue weighted by Crippen LogP contribution is -2.44. The van der Waals surface area contributed by atoms with Gasteiger partial charge in [0.05, 0.1) is 11.6 Å². The van der Waals surface area contributed by atoms with Crippen LogP contribution in [0.25, 0.3) is 0 Å². The van der Waals surface area contributed by atoms with E-state index in [9.17, 15) is 0 Å². The van der Waals surface area contributed by atoms with Crippen molar-refractivity contribution in [2.45, 2.75) is 25.9 Å². The van der Waals surface area contributed by atoms with Gasteiger partial charge in [-0.15, -0.1) is 11.3 Å². The molecular formula is C20H30ClN5S. The molecule has 1 N–H and O–H groups in total. The minimum absolute atomic E-state index is 0.661. The molecule has 2 aromatic heterocycles. The number of halogens is 1. The Hall–Kier alpha value is -1.50. The molecule has 1 saturated heterocycles. The summed E-state index contributed by atoms with van der Waals surface area (Å²) in [5.41, 5.74) is 1.17. The van der Waals surface area contributed by atoms with Crippen LogP contribution >= 0.6 is 22.9 Å². The minimum Gasteiger partial charge on any atom is -0.356 e. The van der Waals surface area contributed by atoms with Crippen LogP contribution in [-0.4, -0.2) is 54.1 Å². The van der Waals surface area contributed by atoms with Crippen LogP contribution in [0.5, 0.6) is 0 Å². The molecule has 0 saturated carbocycles. The van der Waals surface area contributed by atoms with Gasteiger partial charge in [-0.2, -0.15) is 0 Å². The third-order valence-electron chi connectivity index (χ3n) is 5.16. The Morgan fingerprint density at radius 1 is 1.48 bits per heavy atom. The molecule has 3 rings (SSSR count). The average molecular weight is 408 g/mol. The Balaban J connectivity index is 1.49. The number of thiophene rings is 1. The number of aryl methyl sites for hydroxylation is 1. The molecule has 0 spiro atoms. The Morgan fingerprint density at radius 3 is 3.00 bits per heavy atom. The molecule has 1 aliphatic rings. The normalized spacial score (nSPS) is 18.7. The first-order valence-corrected chi connectivity index (χ1v) is 10.8. The van der Waals surface area contributed by atoms with Gasteiger partial charge in [-0.25, -0.2) is 0 Å². The lowest BCUT2D eigenvalue weighted by Gasteiger charge is -2.33. The maximum Gasteiger partial charge on any atom is 0.193 e. The number of nitrogens with zero attached hydrogens (tertiary/aromatic N) is 4. The number of likely N-dealkylation sites (tertiary alicyclic amines) is 1. The van der Waals surface area contributed by atoms with E-state index in [0.29, 0.717) is 5.92 Å². The van der Waals surface area contributed by atoms with Gasteiger partial charge >= 0.3 is 0 Å². The molecule has 0 aromatic carbocycles. The number of rotatable bonds is 6. The molecule has 0 bridgehead atoms. The van der Waals surface area contributed by atoms with Gasteiger partial charge in [-0.1, -0.05) is 17.7 Å². The molecule has 0 radical (unpaired) electrons. The Kier molecular flexibility index (Phi) is 7.21. The molecule has 5 nitrogen and oxygen atoms in total. The van der Waals surface area contributed by atoms with Crippen molar-refractivity contribution in [1.29, 1.82) is 0 Å². The average Bonchev–Trinajstić information content (AvgIpc) is 3.25. The number of guanidine groups is 1. The van der Waals surface area contributed by atoms with Crippen LogP contribution in [0.3, 0.4) is 0 Å². The van der Waals surface area contributed by atoms with Crippen molar-refractivity contribution in [3.63, 3.8) is 0 Å². The van der Waals surface area contributed by atoms with Crippen LogP contribution in [0.15, 0.2) is 34.8 Å². The fourth-order valence-corrected chi connectivity index (χ4v) is 4.76. The van der Waals surface area contributed by atoms with Gasteiger partial charge < -0.3 is 14.8 Å². The second kappa shape index (κ2) is 9.62. The molecule has 1 aliphatic heterocycles. The zero-order valence-electron chi connectivity index (χ0n) is 16.5. The molecule has 7 heteroatoms. The SMILES string of the molecule is CN=C(NCC1CCCN(Cc2cccs2)C1)N(C)Cc1cc(Cl)cn1C. The minimum atomic E-state index is 0.661. The fraction of sp³-hybridized carbons (Fsp3) is 0.550. The number of nitrogens with one attached hydrogen (secondary N) is 1. The van der Waals surface area contributed by atoms with E-state index >= 15 is 0 Å². The van der Waals surface area contributed by atoms with Crippen LogP contribution < -0.4 is 5.32 Å². The van der Waals surface area contributed by atoms with E-state index in [1.807, 2.05) is 37.7 Å². The van der Waals surface area contributed by atoms with Crippen molar-refractivity contribution < 1.29 is 0 Å². The van der Waals surface area contributed by atoms with Crippen LogP contribution in [0, 0.1) is 5.92 Å². The predicted molar refractivity (Wildman–Crippen MR) is 116 cm³/mol. The van der Waals surface area contributed by atoms with Crippen molar-refractivity contribution in [1.82, 2.24) is 19.7 Å². The number of piperidine rings is 1. The second-order valence-corrected chi connectivity index (χ2v) is 8.84. The molecule has 0 aliphatic carbocycles. The number of aliphatic imine (C=N–C) groups is 1. The van der Waals surface area contributed by atoms with Gasteiger partial charge in [0.25, 0.3) is 0 Å². The highest BCUT2D eigenvalue weighted by Crippen LogP contribution is 2.20. The molecule has 1 atom stereocenters. The number of aromatic nitrogens is 1. The zero-order valence-corrected chi connectivity index (χ0v) is 18.1. The van der Waals surface area contributed by atoms with Crippen molar-refractivity contribution in [2.75, 3.05) is 33.7 Å². The number of hydrogen-bond donors (Lipinski definition) is 1. The third-order valence-corrected chi connectivity index (χ3v) is 6.23. The summed E-state index contributed by atoms with van der Waals surface area (Å²) in [7, 11) is 5.94.